The van der Waals surface area contributed by atoms with Crippen molar-refractivity contribution in [3.05, 3.63) is 31.9 Å². The summed E-state index contributed by atoms with van der Waals surface area (Å²) in [6, 6.07) is 5.50. The van der Waals surface area contributed by atoms with Gasteiger partial charge in [0.05, 0.1) is 4.92 Å². The van der Waals surface area contributed by atoms with Crippen LogP contribution in [-0.2, 0) is 0 Å². The fraction of sp³-hybridized carbons (Fsp3) is 0.538. The van der Waals surface area contributed by atoms with Crippen LogP contribution in [0.4, 0.5) is 11.4 Å². The molecule has 0 saturated heterocycles. The maximum atomic E-state index is 11.0. The van der Waals surface area contributed by atoms with E-state index in [4.69, 9.17) is 0 Å². The number of rotatable bonds is 6. The molecular weight excluding hydrogens is 343 g/mol. The second-order valence-electron chi connectivity index (χ2n) is 4.71. The molecule has 5 heteroatoms. The molecule has 0 radical (unpaired) electrons. The van der Waals surface area contributed by atoms with Crippen LogP contribution >= 0.6 is 22.6 Å². The lowest BCUT2D eigenvalue weighted by Gasteiger charge is -2.18. The van der Waals surface area contributed by atoms with Gasteiger partial charge in [-0.2, -0.15) is 0 Å². The average Bonchev–Trinajstić information content (AvgIpc) is 2.30. The molecule has 0 aliphatic carbocycles. The number of nitro benzene ring substituents is 1. The zero-order valence-electron chi connectivity index (χ0n) is 10.9. The summed E-state index contributed by atoms with van der Waals surface area (Å²) in [7, 11) is 0. The van der Waals surface area contributed by atoms with Crippen LogP contribution in [0.3, 0.4) is 0 Å². The SMILES string of the molecule is CCC(C)CC(C)Nc1ccc(I)cc1[N+](=O)[O-]. The Bertz CT molecular complexity index is 423. The molecule has 0 saturated carbocycles. The van der Waals surface area contributed by atoms with E-state index >= 15 is 0 Å². The van der Waals surface area contributed by atoms with Gasteiger partial charge in [-0.05, 0) is 54.0 Å². The Labute approximate surface area is 121 Å². The molecule has 100 valence electrons. The predicted molar refractivity (Wildman–Crippen MR) is 83.0 cm³/mol. The molecular formula is C13H19IN2O2. The maximum absolute atomic E-state index is 11.0. The first-order valence-electron chi connectivity index (χ1n) is 6.14. The van der Waals surface area contributed by atoms with Crippen LogP contribution in [0.1, 0.15) is 33.6 Å². The van der Waals surface area contributed by atoms with Crippen LogP contribution in [0, 0.1) is 19.6 Å². The monoisotopic (exact) mass is 362 g/mol. The van der Waals surface area contributed by atoms with E-state index in [1.54, 1.807) is 12.1 Å². The van der Waals surface area contributed by atoms with Crippen molar-refractivity contribution in [3.63, 3.8) is 0 Å². The third kappa shape index (κ3) is 4.44. The van der Waals surface area contributed by atoms with Gasteiger partial charge in [0.2, 0.25) is 0 Å². The van der Waals surface area contributed by atoms with E-state index in [2.05, 4.69) is 48.7 Å². The fourth-order valence-electron chi connectivity index (χ4n) is 1.87. The number of nitro groups is 1. The van der Waals surface area contributed by atoms with Crippen LogP contribution in [0.2, 0.25) is 0 Å². The number of hydrogen-bond acceptors (Lipinski definition) is 3. The third-order valence-corrected chi connectivity index (χ3v) is 3.68. The summed E-state index contributed by atoms with van der Waals surface area (Å²) in [5.74, 6) is 0.621. The minimum Gasteiger partial charge on any atom is -0.377 e. The van der Waals surface area contributed by atoms with E-state index in [0.717, 1.165) is 16.4 Å². The summed E-state index contributed by atoms with van der Waals surface area (Å²) < 4.78 is 0.874. The number of anilines is 1. The Balaban J connectivity index is 2.80. The first-order valence-corrected chi connectivity index (χ1v) is 7.22. The van der Waals surface area contributed by atoms with Gasteiger partial charge in [-0.15, -0.1) is 0 Å². The summed E-state index contributed by atoms with van der Waals surface area (Å²) in [6.45, 7) is 6.42. The van der Waals surface area contributed by atoms with Gasteiger partial charge in [0.1, 0.15) is 5.69 Å². The van der Waals surface area contributed by atoms with Gasteiger partial charge in [-0.3, -0.25) is 10.1 Å². The normalized spacial score (nSPS) is 14.0. The third-order valence-electron chi connectivity index (χ3n) is 3.01. The highest BCUT2D eigenvalue weighted by Gasteiger charge is 2.16. The number of nitrogens with one attached hydrogen (secondary N) is 1. The standard InChI is InChI=1S/C13H19IN2O2/c1-4-9(2)7-10(3)15-12-6-5-11(14)8-13(12)16(17)18/h5-6,8-10,15H,4,7H2,1-3H3. The van der Waals surface area contributed by atoms with E-state index < -0.39 is 0 Å². The molecule has 2 atom stereocenters. The second-order valence-corrected chi connectivity index (χ2v) is 5.96. The van der Waals surface area contributed by atoms with Gasteiger partial charge in [-0.25, -0.2) is 0 Å². The molecule has 2 unspecified atom stereocenters. The highest BCUT2D eigenvalue weighted by Crippen LogP contribution is 2.27. The lowest BCUT2D eigenvalue weighted by molar-refractivity contribution is -0.384. The van der Waals surface area contributed by atoms with Crippen LogP contribution in [0.15, 0.2) is 18.2 Å². The van der Waals surface area contributed by atoms with Gasteiger partial charge < -0.3 is 5.32 Å². The molecule has 0 fully saturated rings. The van der Waals surface area contributed by atoms with Crippen molar-refractivity contribution in [1.82, 2.24) is 0 Å². The van der Waals surface area contributed by atoms with Crippen LogP contribution < -0.4 is 5.32 Å². The second kappa shape index (κ2) is 6.92. The van der Waals surface area contributed by atoms with Crippen LogP contribution in [0.25, 0.3) is 0 Å². The number of hydrogen-bond donors (Lipinski definition) is 1. The molecule has 0 aliphatic heterocycles. The van der Waals surface area contributed by atoms with E-state index in [-0.39, 0.29) is 16.7 Å². The van der Waals surface area contributed by atoms with Crippen LogP contribution in [-0.4, -0.2) is 11.0 Å². The Hall–Kier alpha value is -0.850. The predicted octanol–water partition coefficient (Wildman–Crippen LogP) is 4.44. The minimum absolute atomic E-state index is 0.151. The van der Waals surface area contributed by atoms with Gasteiger partial charge in [0.15, 0.2) is 0 Å². The molecule has 0 aromatic heterocycles. The zero-order chi connectivity index (χ0) is 13.7. The fourth-order valence-corrected chi connectivity index (χ4v) is 2.35. The van der Waals surface area contributed by atoms with Gasteiger partial charge in [0, 0.05) is 15.7 Å². The van der Waals surface area contributed by atoms with E-state index in [1.165, 1.54) is 0 Å². The van der Waals surface area contributed by atoms with E-state index in [9.17, 15) is 10.1 Å². The molecule has 1 aromatic carbocycles. The van der Waals surface area contributed by atoms with Crippen molar-refractivity contribution in [2.75, 3.05) is 5.32 Å². The first-order chi connectivity index (χ1) is 8.43. The van der Waals surface area contributed by atoms with Gasteiger partial charge >= 0.3 is 0 Å². The molecule has 1 N–H and O–H groups in total. The Morgan fingerprint density at radius 1 is 1.44 bits per heavy atom. The quantitative estimate of drug-likeness (QED) is 0.463. The van der Waals surface area contributed by atoms with Crippen molar-refractivity contribution < 1.29 is 4.92 Å². The van der Waals surface area contributed by atoms with Crippen molar-refractivity contribution >= 4 is 34.0 Å². The molecule has 4 nitrogen and oxygen atoms in total. The van der Waals surface area contributed by atoms with Crippen molar-refractivity contribution in [2.24, 2.45) is 5.92 Å². The lowest BCUT2D eigenvalue weighted by atomic mass is 10.0. The summed E-state index contributed by atoms with van der Waals surface area (Å²) in [4.78, 5) is 10.7. The van der Waals surface area contributed by atoms with E-state index in [0.29, 0.717) is 11.6 Å². The molecule has 18 heavy (non-hydrogen) atoms. The Kier molecular flexibility index (Phi) is 5.84. The number of benzene rings is 1. The zero-order valence-corrected chi connectivity index (χ0v) is 13.1. The average molecular weight is 362 g/mol. The van der Waals surface area contributed by atoms with Crippen molar-refractivity contribution in [2.45, 2.75) is 39.7 Å². The Morgan fingerprint density at radius 2 is 2.11 bits per heavy atom. The lowest BCUT2D eigenvalue weighted by Crippen LogP contribution is -2.19. The topological polar surface area (TPSA) is 55.2 Å². The molecule has 0 amide bonds. The molecule has 1 rings (SSSR count). The molecule has 0 aliphatic rings. The Morgan fingerprint density at radius 3 is 2.67 bits per heavy atom. The minimum atomic E-state index is -0.333. The summed E-state index contributed by atoms with van der Waals surface area (Å²) in [6.07, 6.45) is 2.14. The van der Waals surface area contributed by atoms with Crippen molar-refractivity contribution in [3.8, 4) is 0 Å². The highest BCUT2D eigenvalue weighted by atomic mass is 127. The van der Waals surface area contributed by atoms with E-state index in [1.807, 2.05) is 6.07 Å². The largest absolute Gasteiger partial charge is 0.377 e. The number of halogens is 1. The van der Waals surface area contributed by atoms with Gasteiger partial charge in [-0.1, -0.05) is 20.3 Å². The van der Waals surface area contributed by atoms with Gasteiger partial charge in [0.25, 0.3) is 5.69 Å². The first kappa shape index (κ1) is 15.2. The van der Waals surface area contributed by atoms with Crippen LogP contribution in [0.5, 0.6) is 0 Å². The van der Waals surface area contributed by atoms with Crippen molar-refractivity contribution in [1.29, 1.82) is 0 Å². The molecule has 0 heterocycles. The highest BCUT2D eigenvalue weighted by molar-refractivity contribution is 14.1. The maximum Gasteiger partial charge on any atom is 0.293 e. The molecule has 0 spiro atoms. The smallest absolute Gasteiger partial charge is 0.293 e. The summed E-state index contributed by atoms with van der Waals surface area (Å²) in [5.41, 5.74) is 0.758. The molecule has 1 aromatic rings. The molecule has 0 bridgehead atoms. The number of nitrogens with zero attached hydrogens (tertiary/aromatic N) is 1. The summed E-state index contributed by atoms with van der Waals surface area (Å²) in [5, 5.41) is 14.2. The summed E-state index contributed by atoms with van der Waals surface area (Å²) >= 11 is 2.08.